The summed E-state index contributed by atoms with van der Waals surface area (Å²) in [4.78, 5) is 13.4. The van der Waals surface area contributed by atoms with Gasteiger partial charge in [-0.2, -0.15) is 5.10 Å². The van der Waals surface area contributed by atoms with E-state index in [0.29, 0.717) is 50.2 Å². The molecule has 1 N–H and O–H groups in total. The van der Waals surface area contributed by atoms with Crippen molar-refractivity contribution in [3.8, 4) is 17.0 Å². The van der Waals surface area contributed by atoms with Gasteiger partial charge in [-0.1, -0.05) is 37.3 Å². The first-order valence-corrected chi connectivity index (χ1v) is 13.5. The minimum absolute atomic E-state index is 0.0863. The number of hydrogen-bond donors (Lipinski definition) is 1. The maximum Gasteiger partial charge on any atom is 0.255 e. The lowest BCUT2D eigenvalue weighted by atomic mass is 10.0. The highest BCUT2D eigenvalue weighted by atomic mass is 32.2. The third kappa shape index (κ3) is 6.10. The lowest BCUT2D eigenvalue weighted by Crippen LogP contribution is -2.47. The average molecular weight is 497 g/mol. The summed E-state index contributed by atoms with van der Waals surface area (Å²) in [5.74, 6) is 0.689. The van der Waals surface area contributed by atoms with E-state index >= 15 is 0 Å². The number of piperidine rings is 1. The van der Waals surface area contributed by atoms with Crippen LogP contribution in [0.2, 0.25) is 0 Å². The Morgan fingerprint density at radius 2 is 1.77 bits per heavy atom. The molecule has 1 fully saturated rings. The molecule has 3 aromatic rings. The second-order valence-electron chi connectivity index (χ2n) is 8.77. The summed E-state index contributed by atoms with van der Waals surface area (Å²) >= 11 is 0. The molecule has 1 aliphatic heterocycles. The van der Waals surface area contributed by atoms with Gasteiger partial charge in [0.05, 0.1) is 25.0 Å². The number of nitrogens with one attached hydrogen (secondary N) is 1. The van der Waals surface area contributed by atoms with Crippen molar-refractivity contribution in [3.63, 3.8) is 0 Å². The monoisotopic (exact) mass is 496 g/mol. The van der Waals surface area contributed by atoms with Crippen LogP contribution in [0.15, 0.2) is 60.8 Å². The van der Waals surface area contributed by atoms with Crippen LogP contribution in [0, 0.1) is 0 Å². The van der Waals surface area contributed by atoms with E-state index in [4.69, 9.17) is 9.84 Å². The number of nitrogens with zero attached hydrogens (tertiary/aromatic N) is 3. The number of aromatic nitrogens is 2. The summed E-state index contributed by atoms with van der Waals surface area (Å²) in [7, 11) is -1.60. The van der Waals surface area contributed by atoms with E-state index in [2.05, 4.69) is 5.32 Å². The number of amides is 1. The van der Waals surface area contributed by atoms with Gasteiger partial charge in [0.25, 0.3) is 5.91 Å². The van der Waals surface area contributed by atoms with Gasteiger partial charge >= 0.3 is 0 Å². The van der Waals surface area contributed by atoms with Gasteiger partial charge in [0.15, 0.2) is 0 Å². The number of sulfonamides is 1. The molecule has 4 rings (SSSR count). The van der Waals surface area contributed by atoms with Crippen LogP contribution in [0.4, 0.5) is 0 Å². The van der Waals surface area contributed by atoms with Crippen LogP contribution in [-0.2, 0) is 16.6 Å². The lowest BCUT2D eigenvalue weighted by molar-refractivity contribution is 0.0924. The Labute approximate surface area is 207 Å². The molecule has 1 saturated heterocycles. The van der Waals surface area contributed by atoms with Crippen molar-refractivity contribution < 1.29 is 17.9 Å². The Bertz CT molecular complexity index is 1230. The van der Waals surface area contributed by atoms with Crippen molar-refractivity contribution in [1.29, 1.82) is 0 Å². The van der Waals surface area contributed by atoms with Crippen LogP contribution >= 0.6 is 0 Å². The lowest BCUT2D eigenvalue weighted by Gasteiger charge is -2.31. The van der Waals surface area contributed by atoms with Crippen LogP contribution in [0.5, 0.6) is 5.75 Å². The number of carbonyl (C=O) groups excluding carboxylic acids is 1. The molecule has 0 radical (unpaired) electrons. The molecule has 8 nitrogen and oxygen atoms in total. The summed E-state index contributed by atoms with van der Waals surface area (Å²) in [6, 6.07) is 17.4. The van der Waals surface area contributed by atoms with Gasteiger partial charge in [0.1, 0.15) is 11.4 Å². The summed E-state index contributed by atoms with van der Waals surface area (Å²) in [6.07, 6.45) is 3.55. The molecule has 1 aliphatic rings. The van der Waals surface area contributed by atoms with Crippen LogP contribution in [-0.4, -0.2) is 60.4 Å². The van der Waals surface area contributed by atoms with E-state index in [1.165, 1.54) is 0 Å². The van der Waals surface area contributed by atoms with E-state index < -0.39 is 10.0 Å². The maximum atomic E-state index is 13.4. The van der Waals surface area contributed by atoms with Crippen molar-refractivity contribution in [2.45, 2.75) is 38.8 Å². The summed E-state index contributed by atoms with van der Waals surface area (Å²) in [6.45, 7) is 3.26. The first-order valence-electron chi connectivity index (χ1n) is 11.9. The molecule has 0 saturated carbocycles. The van der Waals surface area contributed by atoms with Crippen molar-refractivity contribution >= 4 is 15.9 Å². The first-order chi connectivity index (χ1) is 16.9. The highest BCUT2D eigenvalue weighted by Gasteiger charge is 2.29. The van der Waals surface area contributed by atoms with Crippen molar-refractivity contribution in [2.75, 3.05) is 26.0 Å². The van der Waals surface area contributed by atoms with E-state index in [1.807, 2.05) is 61.5 Å². The highest BCUT2D eigenvalue weighted by molar-refractivity contribution is 7.89. The van der Waals surface area contributed by atoms with Gasteiger partial charge in [-0.3, -0.25) is 9.48 Å². The zero-order chi connectivity index (χ0) is 24.8. The van der Waals surface area contributed by atoms with Crippen LogP contribution in [0.1, 0.15) is 42.1 Å². The molecule has 2 aromatic carbocycles. The molecule has 0 aliphatic carbocycles. The fourth-order valence-corrected chi connectivity index (χ4v) is 5.87. The minimum atomic E-state index is -3.22. The van der Waals surface area contributed by atoms with Gasteiger partial charge in [0, 0.05) is 30.9 Å². The Hall–Kier alpha value is -3.17. The largest absolute Gasteiger partial charge is 0.497 e. The number of hydrogen-bond acceptors (Lipinski definition) is 5. The zero-order valence-corrected chi connectivity index (χ0v) is 21.0. The Balaban J connectivity index is 1.52. The van der Waals surface area contributed by atoms with Crippen LogP contribution < -0.4 is 10.1 Å². The topological polar surface area (TPSA) is 93.5 Å². The van der Waals surface area contributed by atoms with Gasteiger partial charge in [-0.15, -0.1) is 0 Å². The van der Waals surface area contributed by atoms with Crippen molar-refractivity contribution in [3.05, 3.63) is 71.9 Å². The van der Waals surface area contributed by atoms with Crippen molar-refractivity contribution in [1.82, 2.24) is 19.4 Å². The van der Waals surface area contributed by atoms with Crippen LogP contribution in [0.25, 0.3) is 11.3 Å². The molecule has 1 amide bonds. The fourth-order valence-electron chi connectivity index (χ4n) is 4.33. The highest BCUT2D eigenvalue weighted by Crippen LogP contribution is 2.26. The smallest absolute Gasteiger partial charge is 0.255 e. The predicted molar refractivity (Wildman–Crippen MR) is 136 cm³/mol. The third-order valence-electron chi connectivity index (χ3n) is 6.20. The molecule has 9 heteroatoms. The van der Waals surface area contributed by atoms with E-state index in [-0.39, 0.29) is 17.7 Å². The Morgan fingerprint density at radius 1 is 1.09 bits per heavy atom. The zero-order valence-electron chi connectivity index (χ0n) is 20.2. The molecule has 2 heterocycles. The standard InChI is InChI=1S/C26H32N4O4S/c1-3-17-35(32,33)30-15-13-22(14-16-30)27-26(31)24-19-29(18-20-7-5-4-6-8-20)28-25(24)21-9-11-23(34-2)12-10-21/h4-12,19,22H,3,13-18H2,1-2H3,(H,27,31). The normalized spacial score (nSPS) is 15.1. The van der Waals surface area contributed by atoms with E-state index in [9.17, 15) is 13.2 Å². The number of methoxy groups -OCH3 is 1. The SMILES string of the molecule is CCCS(=O)(=O)N1CCC(NC(=O)c2cn(Cc3ccccc3)nc2-c2ccc(OC)cc2)CC1. The van der Waals surface area contributed by atoms with Gasteiger partial charge in [-0.05, 0) is 49.1 Å². The summed E-state index contributed by atoms with van der Waals surface area (Å²) in [5, 5.41) is 7.85. The van der Waals surface area contributed by atoms with E-state index in [0.717, 1.165) is 16.9 Å². The molecule has 35 heavy (non-hydrogen) atoms. The van der Waals surface area contributed by atoms with Gasteiger partial charge in [0.2, 0.25) is 10.0 Å². The molecule has 186 valence electrons. The van der Waals surface area contributed by atoms with Gasteiger partial charge < -0.3 is 10.1 Å². The first kappa shape index (κ1) is 24.9. The maximum absolute atomic E-state index is 13.4. The number of ether oxygens (including phenoxy) is 1. The number of rotatable bonds is 9. The summed E-state index contributed by atoms with van der Waals surface area (Å²) < 4.78 is 33.3. The Morgan fingerprint density at radius 3 is 2.40 bits per heavy atom. The Kier molecular flexibility index (Phi) is 7.87. The fraction of sp³-hybridized carbons (Fsp3) is 0.385. The van der Waals surface area contributed by atoms with E-state index in [1.54, 1.807) is 22.3 Å². The molecule has 0 atom stereocenters. The molecule has 1 aromatic heterocycles. The van der Waals surface area contributed by atoms with Crippen molar-refractivity contribution in [2.24, 2.45) is 0 Å². The number of benzene rings is 2. The summed E-state index contributed by atoms with van der Waals surface area (Å²) in [5.41, 5.74) is 3.00. The molecular formula is C26H32N4O4S. The second-order valence-corrected chi connectivity index (χ2v) is 10.9. The number of carbonyl (C=O) groups is 1. The second kappa shape index (κ2) is 11.0. The van der Waals surface area contributed by atoms with Crippen LogP contribution in [0.3, 0.4) is 0 Å². The van der Waals surface area contributed by atoms with Gasteiger partial charge in [-0.25, -0.2) is 12.7 Å². The molecule has 0 unspecified atom stereocenters. The quantitative estimate of drug-likeness (QED) is 0.489. The minimum Gasteiger partial charge on any atom is -0.497 e. The molecule has 0 spiro atoms. The molecule has 0 bridgehead atoms. The predicted octanol–water partition coefficient (Wildman–Crippen LogP) is 3.54. The third-order valence-corrected chi connectivity index (χ3v) is 8.28. The average Bonchev–Trinajstić information content (AvgIpc) is 3.29. The molecular weight excluding hydrogens is 464 g/mol.